The van der Waals surface area contributed by atoms with E-state index < -0.39 is 0 Å². The minimum atomic E-state index is -0.128. The van der Waals surface area contributed by atoms with Crippen LogP contribution in [0.5, 0.6) is 5.75 Å². The molecule has 1 unspecified atom stereocenters. The molecule has 0 radical (unpaired) electrons. The van der Waals surface area contributed by atoms with Gasteiger partial charge in [-0.3, -0.25) is 0 Å². The summed E-state index contributed by atoms with van der Waals surface area (Å²) < 4.78 is 0. The van der Waals surface area contributed by atoms with Crippen molar-refractivity contribution in [2.45, 2.75) is 18.8 Å². The van der Waals surface area contributed by atoms with Crippen LogP contribution in [0.3, 0.4) is 0 Å². The van der Waals surface area contributed by atoms with Crippen molar-refractivity contribution in [1.29, 1.82) is 0 Å². The van der Waals surface area contributed by atoms with Gasteiger partial charge in [-0.2, -0.15) is 0 Å². The number of rotatable bonds is 2. The van der Waals surface area contributed by atoms with Gasteiger partial charge < -0.3 is 5.11 Å². The predicted molar refractivity (Wildman–Crippen MR) is 92.1 cm³/mol. The number of hydrogen-bond donors (Lipinski definition) is 1. The number of phenolic OH excluding ortho intramolecular Hbond substituents is 1. The Balaban J connectivity index is 1.90. The van der Waals surface area contributed by atoms with Gasteiger partial charge in [0.1, 0.15) is 5.75 Å². The molecule has 0 spiro atoms. The zero-order valence-electron chi connectivity index (χ0n) is 12.6. The Hall–Kier alpha value is -2.54. The van der Waals surface area contributed by atoms with E-state index in [1.165, 1.54) is 27.5 Å². The summed E-state index contributed by atoms with van der Waals surface area (Å²) in [4.78, 5) is 0. The van der Waals surface area contributed by atoms with E-state index >= 15 is 0 Å². The number of aromatic hydroxyl groups is 1. The zero-order chi connectivity index (χ0) is 15.3. The number of allylic oxidation sites excluding steroid dienone is 1. The molecule has 108 valence electrons. The fourth-order valence-electron chi connectivity index (χ4n) is 3.79. The average Bonchev–Trinajstić information content (AvgIpc) is 2.72. The summed E-state index contributed by atoms with van der Waals surface area (Å²) in [5, 5.41) is 12.3. The Kier molecular flexibility index (Phi) is 2.67. The maximum atomic E-state index is 9.74. The third-order valence-corrected chi connectivity index (χ3v) is 4.96. The summed E-state index contributed by atoms with van der Waals surface area (Å²) in [7, 11) is 0. The van der Waals surface area contributed by atoms with Crippen molar-refractivity contribution in [3.05, 3.63) is 83.9 Å². The molecule has 0 saturated heterocycles. The highest BCUT2D eigenvalue weighted by molar-refractivity contribution is 6.04. The monoisotopic (exact) mass is 286 g/mol. The van der Waals surface area contributed by atoms with E-state index in [2.05, 4.69) is 56.0 Å². The van der Waals surface area contributed by atoms with E-state index in [1.54, 1.807) is 6.07 Å². The normalized spacial score (nSPS) is 19.8. The van der Waals surface area contributed by atoms with Crippen LogP contribution in [0.2, 0.25) is 0 Å². The molecule has 1 nitrogen and oxygen atoms in total. The first-order valence-corrected chi connectivity index (χ1v) is 7.59. The Morgan fingerprint density at radius 2 is 1.73 bits per heavy atom. The second kappa shape index (κ2) is 4.48. The lowest BCUT2D eigenvalue weighted by Crippen LogP contribution is -2.22. The van der Waals surface area contributed by atoms with Crippen LogP contribution >= 0.6 is 0 Å². The van der Waals surface area contributed by atoms with Gasteiger partial charge in [0.25, 0.3) is 0 Å². The molecule has 3 aromatic carbocycles. The van der Waals surface area contributed by atoms with E-state index in [0.717, 1.165) is 12.0 Å². The molecule has 0 heterocycles. The molecule has 1 aliphatic carbocycles. The van der Waals surface area contributed by atoms with Crippen LogP contribution in [0.25, 0.3) is 16.3 Å². The SMILES string of the molecule is C=C1c2cccc3cccc(c23)C1(C)Cc1cccc(O)c1. The molecule has 0 amide bonds. The second-order valence-corrected chi connectivity index (χ2v) is 6.37. The molecular weight excluding hydrogens is 268 g/mol. The van der Waals surface area contributed by atoms with Crippen LogP contribution in [0.4, 0.5) is 0 Å². The van der Waals surface area contributed by atoms with E-state index in [0.29, 0.717) is 5.75 Å². The van der Waals surface area contributed by atoms with E-state index in [-0.39, 0.29) is 5.41 Å². The highest BCUT2D eigenvalue weighted by Crippen LogP contribution is 2.51. The smallest absolute Gasteiger partial charge is 0.115 e. The van der Waals surface area contributed by atoms with Crippen molar-refractivity contribution in [1.82, 2.24) is 0 Å². The molecule has 22 heavy (non-hydrogen) atoms. The molecule has 1 atom stereocenters. The van der Waals surface area contributed by atoms with Gasteiger partial charge in [0, 0.05) is 5.41 Å². The van der Waals surface area contributed by atoms with Gasteiger partial charge in [-0.15, -0.1) is 0 Å². The molecule has 1 N–H and O–H groups in total. The number of benzene rings is 3. The topological polar surface area (TPSA) is 20.2 Å². The van der Waals surface area contributed by atoms with Gasteiger partial charge in [-0.05, 0) is 51.6 Å². The first kappa shape index (κ1) is 13.1. The lowest BCUT2D eigenvalue weighted by atomic mass is 9.75. The molecule has 0 aromatic heterocycles. The summed E-state index contributed by atoms with van der Waals surface area (Å²) in [5.41, 5.74) is 4.78. The molecule has 0 bridgehead atoms. The van der Waals surface area contributed by atoms with Gasteiger partial charge in [0.15, 0.2) is 0 Å². The van der Waals surface area contributed by atoms with Gasteiger partial charge in [-0.25, -0.2) is 0 Å². The fourth-order valence-corrected chi connectivity index (χ4v) is 3.79. The van der Waals surface area contributed by atoms with Gasteiger partial charge >= 0.3 is 0 Å². The molecule has 1 aliphatic rings. The van der Waals surface area contributed by atoms with Crippen molar-refractivity contribution in [3.63, 3.8) is 0 Å². The molecule has 0 aliphatic heterocycles. The van der Waals surface area contributed by atoms with E-state index in [9.17, 15) is 5.11 Å². The van der Waals surface area contributed by atoms with Crippen molar-refractivity contribution in [2.75, 3.05) is 0 Å². The third-order valence-electron chi connectivity index (χ3n) is 4.96. The van der Waals surface area contributed by atoms with Crippen molar-refractivity contribution >= 4 is 16.3 Å². The molecule has 0 saturated carbocycles. The fraction of sp³-hybridized carbons (Fsp3) is 0.143. The zero-order valence-corrected chi connectivity index (χ0v) is 12.6. The molecule has 3 aromatic rings. The van der Waals surface area contributed by atoms with Crippen LogP contribution in [0, 0.1) is 0 Å². The van der Waals surface area contributed by atoms with Crippen molar-refractivity contribution in [3.8, 4) is 5.75 Å². The second-order valence-electron chi connectivity index (χ2n) is 6.37. The standard InChI is InChI=1S/C21H18O/c1-14-18-10-4-7-16-8-5-11-19(20(16)18)21(14,2)13-15-6-3-9-17(22)12-15/h3-12,22H,1,13H2,2H3. The number of hydrogen-bond acceptors (Lipinski definition) is 1. The van der Waals surface area contributed by atoms with Crippen molar-refractivity contribution < 1.29 is 5.11 Å². The number of phenols is 1. The Morgan fingerprint density at radius 3 is 2.50 bits per heavy atom. The molecule has 4 rings (SSSR count). The largest absolute Gasteiger partial charge is 0.508 e. The summed E-state index contributed by atoms with van der Waals surface area (Å²) in [6, 6.07) is 20.5. The highest BCUT2D eigenvalue weighted by atomic mass is 16.3. The Labute approximate surface area is 130 Å². The average molecular weight is 286 g/mol. The van der Waals surface area contributed by atoms with Gasteiger partial charge in [0.05, 0.1) is 0 Å². The minimum absolute atomic E-state index is 0.128. The maximum Gasteiger partial charge on any atom is 0.115 e. The Bertz CT molecular complexity index is 901. The first-order valence-electron chi connectivity index (χ1n) is 7.59. The van der Waals surface area contributed by atoms with Gasteiger partial charge in [0.2, 0.25) is 0 Å². The molecule has 0 fully saturated rings. The van der Waals surface area contributed by atoms with Crippen LogP contribution < -0.4 is 0 Å². The molecule has 1 heteroatoms. The molecular formula is C21H18O. The van der Waals surface area contributed by atoms with Crippen LogP contribution in [-0.4, -0.2) is 5.11 Å². The highest BCUT2D eigenvalue weighted by Gasteiger charge is 2.38. The van der Waals surface area contributed by atoms with Crippen LogP contribution in [0.15, 0.2) is 67.2 Å². The van der Waals surface area contributed by atoms with E-state index in [4.69, 9.17) is 0 Å². The van der Waals surface area contributed by atoms with Crippen molar-refractivity contribution in [2.24, 2.45) is 0 Å². The van der Waals surface area contributed by atoms with Crippen LogP contribution in [0.1, 0.15) is 23.6 Å². The summed E-state index contributed by atoms with van der Waals surface area (Å²) in [6.07, 6.45) is 0.841. The minimum Gasteiger partial charge on any atom is -0.508 e. The summed E-state index contributed by atoms with van der Waals surface area (Å²) >= 11 is 0. The predicted octanol–water partition coefficient (Wildman–Crippen LogP) is 5.07. The lowest BCUT2D eigenvalue weighted by molar-refractivity contribution is 0.473. The van der Waals surface area contributed by atoms with E-state index in [1.807, 2.05) is 12.1 Å². The third kappa shape index (κ3) is 1.72. The Morgan fingerprint density at radius 1 is 1.00 bits per heavy atom. The summed E-state index contributed by atoms with van der Waals surface area (Å²) in [5.74, 6) is 0.320. The summed E-state index contributed by atoms with van der Waals surface area (Å²) in [6.45, 7) is 6.66. The van der Waals surface area contributed by atoms with Gasteiger partial charge in [-0.1, -0.05) is 62.0 Å². The first-order chi connectivity index (χ1) is 10.6. The van der Waals surface area contributed by atoms with Crippen LogP contribution in [-0.2, 0) is 11.8 Å². The lowest BCUT2D eigenvalue weighted by Gasteiger charge is -2.28. The quantitative estimate of drug-likeness (QED) is 0.697. The maximum absolute atomic E-state index is 9.74.